The summed E-state index contributed by atoms with van der Waals surface area (Å²) in [5.74, 6) is 0.532. The fourth-order valence-corrected chi connectivity index (χ4v) is 4.61. The van der Waals surface area contributed by atoms with Crippen LogP contribution in [0.2, 0.25) is 0 Å². The van der Waals surface area contributed by atoms with Gasteiger partial charge in [-0.1, -0.05) is 24.3 Å². The molecule has 0 radical (unpaired) electrons. The number of imide groups is 1. The van der Waals surface area contributed by atoms with Crippen molar-refractivity contribution in [1.82, 2.24) is 15.5 Å². The molecule has 1 saturated heterocycles. The lowest BCUT2D eigenvalue weighted by Gasteiger charge is -2.18. The number of benzene rings is 1. The van der Waals surface area contributed by atoms with Crippen LogP contribution in [0, 0.1) is 33.8 Å². The Morgan fingerprint density at radius 2 is 1.76 bits per heavy atom. The molecule has 2 bridgehead atoms. The van der Waals surface area contributed by atoms with Gasteiger partial charge in [0.15, 0.2) is 5.96 Å². The molecule has 1 saturated carbocycles. The van der Waals surface area contributed by atoms with Gasteiger partial charge in [0.1, 0.15) is 0 Å². The molecular weight excluding hydrogens is 374 g/mol. The molecule has 4 rings (SSSR count). The van der Waals surface area contributed by atoms with Gasteiger partial charge >= 0.3 is 0 Å². The Balaban J connectivity index is 1.26. The van der Waals surface area contributed by atoms with Crippen LogP contribution in [-0.2, 0) is 16.1 Å². The molecule has 9 nitrogen and oxygen atoms in total. The van der Waals surface area contributed by atoms with Crippen LogP contribution in [0.4, 0.5) is 5.69 Å². The molecule has 0 aromatic heterocycles. The molecule has 2 N–H and O–H groups in total. The van der Waals surface area contributed by atoms with Crippen LogP contribution in [0.25, 0.3) is 0 Å². The average molecular weight is 397 g/mol. The molecule has 9 heteroatoms. The zero-order valence-corrected chi connectivity index (χ0v) is 16.1. The van der Waals surface area contributed by atoms with Crippen molar-refractivity contribution < 1.29 is 14.5 Å². The predicted octanol–water partition coefficient (Wildman–Crippen LogP) is 1.07. The fraction of sp³-hybridized carbons (Fsp3) is 0.450. The first-order chi connectivity index (χ1) is 14.0. The van der Waals surface area contributed by atoms with E-state index in [9.17, 15) is 19.7 Å². The van der Waals surface area contributed by atoms with Gasteiger partial charge in [-0.3, -0.25) is 29.6 Å². The SMILES string of the molecule is CN=C(NCCN1C(=O)C2C3C=CC(C3)C2C1=O)NCc1ccc([N+](=O)[O-])cc1. The number of amides is 2. The fourth-order valence-electron chi connectivity index (χ4n) is 4.61. The number of rotatable bonds is 6. The number of allylic oxidation sites excluding steroid dienone is 2. The second-order valence-corrected chi connectivity index (χ2v) is 7.60. The van der Waals surface area contributed by atoms with E-state index in [0.717, 1.165) is 12.0 Å². The summed E-state index contributed by atoms with van der Waals surface area (Å²) in [6.07, 6.45) is 5.10. The van der Waals surface area contributed by atoms with Crippen molar-refractivity contribution in [2.24, 2.45) is 28.7 Å². The first-order valence-corrected chi connectivity index (χ1v) is 9.71. The van der Waals surface area contributed by atoms with E-state index in [1.165, 1.54) is 17.0 Å². The van der Waals surface area contributed by atoms with Crippen LogP contribution in [-0.4, -0.2) is 47.7 Å². The van der Waals surface area contributed by atoms with Gasteiger partial charge in [-0.15, -0.1) is 0 Å². The molecule has 4 atom stereocenters. The van der Waals surface area contributed by atoms with Crippen molar-refractivity contribution >= 4 is 23.5 Å². The van der Waals surface area contributed by atoms with E-state index in [1.807, 2.05) is 0 Å². The summed E-state index contributed by atoms with van der Waals surface area (Å²) in [7, 11) is 1.63. The minimum atomic E-state index is -0.436. The summed E-state index contributed by atoms with van der Waals surface area (Å²) >= 11 is 0. The number of guanidine groups is 1. The standard InChI is InChI=1S/C20H23N5O4/c1-21-20(23-11-12-2-6-15(7-3-12)25(28)29)22-8-9-24-18(26)16-13-4-5-14(10-13)17(16)19(24)27/h2-7,13-14,16-17H,8-11H2,1H3,(H2,21,22,23). The van der Waals surface area contributed by atoms with Crippen LogP contribution in [0.15, 0.2) is 41.4 Å². The Labute approximate surface area is 168 Å². The number of nitro groups is 1. The average Bonchev–Trinajstić information content (AvgIpc) is 3.40. The summed E-state index contributed by atoms with van der Waals surface area (Å²) in [5.41, 5.74) is 0.920. The van der Waals surface area contributed by atoms with Crippen LogP contribution in [0.1, 0.15) is 12.0 Å². The summed E-state index contributed by atoms with van der Waals surface area (Å²) in [6, 6.07) is 6.27. The molecule has 1 heterocycles. The Bertz CT molecular complexity index is 865. The molecule has 1 aromatic carbocycles. The third kappa shape index (κ3) is 3.48. The van der Waals surface area contributed by atoms with Gasteiger partial charge in [0.2, 0.25) is 11.8 Å². The van der Waals surface area contributed by atoms with Crippen LogP contribution in [0.3, 0.4) is 0 Å². The van der Waals surface area contributed by atoms with E-state index < -0.39 is 4.92 Å². The zero-order chi connectivity index (χ0) is 20.5. The van der Waals surface area contributed by atoms with E-state index in [1.54, 1.807) is 19.2 Å². The van der Waals surface area contributed by atoms with Crippen molar-refractivity contribution in [1.29, 1.82) is 0 Å². The zero-order valence-electron chi connectivity index (χ0n) is 16.1. The number of aliphatic imine (C=N–C) groups is 1. The van der Waals surface area contributed by atoms with E-state index in [4.69, 9.17) is 0 Å². The molecular formula is C20H23N5O4. The lowest BCUT2D eigenvalue weighted by molar-refractivity contribution is -0.384. The molecule has 2 amide bonds. The number of hydrogen-bond donors (Lipinski definition) is 2. The molecule has 2 aliphatic carbocycles. The monoisotopic (exact) mass is 397 g/mol. The molecule has 0 spiro atoms. The van der Waals surface area contributed by atoms with Gasteiger partial charge in [0.05, 0.1) is 16.8 Å². The molecule has 1 aliphatic heterocycles. The van der Waals surface area contributed by atoms with Crippen molar-refractivity contribution in [3.05, 3.63) is 52.1 Å². The third-order valence-corrected chi connectivity index (χ3v) is 6.02. The quantitative estimate of drug-likeness (QED) is 0.185. The minimum Gasteiger partial charge on any atom is -0.355 e. The second-order valence-electron chi connectivity index (χ2n) is 7.60. The smallest absolute Gasteiger partial charge is 0.269 e. The molecule has 3 aliphatic rings. The molecule has 1 aromatic rings. The summed E-state index contributed by atoms with van der Waals surface area (Å²) in [4.78, 5) is 41.1. The van der Waals surface area contributed by atoms with E-state index in [-0.39, 0.29) is 41.2 Å². The predicted molar refractivity (Wildman–Crippen MR) is 106 cm³/mol. The highest BCUT2D eigenvalue weighted by molar-refractivity contribution is 6.06. The number of nitrogens with zero attached hydrogens (tertiary/aromatic N) is 3. The number of fused-ring (bicyclic) bond motifs is 5. The van der Waals surface area contributed by atoms with Gasteiger partial charge in [-0.05, 0) is 23.8 Å². The normalized spacial score (nSPS) is 27.5. The summed E-state index contributed by atoms with van der Waals surface area (Å²) < 4.78 is 0. The first-order valence-electron chi connectivity index (χ1n) is 9.71. The largest absolute Gasteiger partial charge is 0.355 e. The van der Waals surface area contributed by atoms with Crippen molar-refractivity contribution in [3.8, 4) is 0 Å². The van der Waals surface area contributed by atoms with Gasteiger partial charge in [-0.25, -0.2) is 0 Å². The number of non-ortho nitro benzene ring substituents is 1. The Morgan fingerprint density at radius 1 is 1.14 bits per heavy atom. The number of nitrogens with one attached hydrogen (secondary N) is 2. The van der Waals surface area contributed by atoms with Crippen LogP contribution < -0.4 is 10.6 Å². The Hall–Kier alpha value is -3.23. The number of carbonyl (C=O) groups excluding carboxylic acids is 2. The molecule has 29 heavy (non-hydrogen) atoms. The second kappa shape index (κ2) is 7.65. The van der Waals surface area contributed by atoms with Crippen molar-refractivity contribution in [2.75, 3.05) is 20.1 Å². The lowest BCUT2D eigenvalue weighted by Crippen LogP contribution is -2.43. The number of likely N-dealkylation sites (tertiary alicyclic amines) is 1. The van der Waals surface area contributed by atoms with Crippen LogP contribution >= 0.6 is 0 Å². The first kappa shape index (κ1) is 19.1. The van der Waals surface area contributed by atoms with Gasteiger partial charge in [0.25, 0.3) is 5.69 Å². The summed E-state index contributed by atoms with van der Waals surface area (Å²) in [6.45, 7) is 1.15. The highest BCUT2D eigenvalue weighted by Crippen LogP contribution is 2.52. The lowest BCUT2D eigenvalue weighted by atomic mass is 9.85. The van der Waals surface area contributed by atoms with Gasteiger partial charge in [0, 0.05) is 38.8 Å². The maximum absolute atomic E-state index is 12.7. The van der Waals surface area contributed by atoms with Crippen molar-refractivity contribution in [2.45, 2.75) is 13.0 Å². The van der Waals surface area contributed by atoms with Crippen LogP contribution in [0.5, 0.6) is 0 Å². The number of hydrogen-bond acceptors (Lipinski definition) is 5. The van der Waals surface area contributed by atoms with Crippen molar-refractivity contribution in [3.63, 3.8) is 0 Å². The number of carbonyl (C=O) groups is 2. The Kier molecular flexibility index (Phi) is 5.04. The number of nitro benzene ring substituents is 1. The topological polar surface area (TPSA) is 117 Å². The molecule has 152 valence electrons. The molecule has 4 unspecified atom stereocenters. The Morgan fingerprint density at radius 3 is 2.31 bits per heavy atom. The summed E-state index contributed by atoms with van der Waals surface area (Å²) in [5, 5.41) is 16.9. The molecule has 2 fully saturated rings. The third-order valence-electron chi connectivity index (χ3n) is 6.02. The maximum Gasteiger partial charge on any atom is 0.269 e. The van der Waals surface area contributed by atoms with E-state index in [2.05, 4.69) is 27.8 Å². The van der Waals surface area contributed by atoms with E-state index >= 15 is 0 Å². The van der Waals surface area contributed by atoms with Gasteiger partial charge < -0.3 is 10.6 Å². The maximum atomic E-state index is 12.7. The van der Waals surface area contributed by atoms with Gasteiger partial charge in [-0.2, -0.15) is 0 Å². The minimum absolute atomic E-state index is 0.0459. The van der Waals surface area contributed by atoms with E-state index in [0.29, 0.717) is 25.6 Å². The highest BCUT2D eigenvalue weighted by atomic mass is 16.6. The highest BCUT2D eigenvalue weighted by Gasteiger charge is 2.58.